The second-order valence-electron chi connectivity index (χ2n) is 4.16. The zero-order valence-electron chi connectivity index (χ0n) is 9.00. The minimum atomic E-state index is 0.347. The van der Waals surface area contributed by atoms with Crippen LogP contribution in [0.15, 0.2) is 0 Å². The van der Waals surface area contributed by atoms with Gasteiger partial charge in [0.25, 0.3) is 0 Å². The molecule has 0 aliphatic carbocycles. The van der Waals surface area contributed by atoms with Crippen molar-refractivity contribution in [3.63, 3.8) is 0 Å². The van der Waals surface area contributed by atoms with Gasteiger partial charge in [-0.05, 0) is 25.3 Å². The van der Waals surface area contributed by atoms with E-state index in [-0.39, 0.29) is 0 Å². The van der Waals surface area contributed by atoms with E-state index in [0.717, 1.165) is 5.92 Å². The van der Waals surface area contributed by atoms with Crippen LogP contribution in [0.25, 0.3) is 0 Å². The van der Waals surface area contributed by atoms with Crippen LogP contribution in [0.1, 0.15) is 39.5 Å². The molecule has 2 heteroatoms. The Morgan fingerprint density at radius 2 is 2.08 bits per heavy atom. The average Bonchev–Trinajstić information content (AvgIpc) is 2.61. The fourth-order valence-corrected chi connectivity index (χ4v) is 2.22. The quantitative estimate of drug-likeness (QED) is 0.707. The number of hydrogen-bond acceptors (Lipinski definition) is 2. The summed E-state index contributed by atoms with van der Waals surface area (Å²) in [5.74, 6) is 0.826. The highest BCUT2D eigenvalue weighted by atomic mass is 16.3. The normalized spacial score (nSPS) is 24.5. The van der Waals surface area contributed by atoms with Crippen LogP contribution in [0.5, 0.6) is 0 Å². The molecule has 0 unspecified atom stereocenters. The second kappa shape index (κ2) is 5.61. The van der Waals surface area contributed by atoms with E-state index in [0.29, 0.717) is 12.6 Å². The van der Waals surface area contributed by atoms with Crippen LogP contribution in [0.2, 0.25) is 0 Å². The van der Waals surface area contributed by atoms with Crippen molar-refractivity contribution in [3.8, 4) is 0 Å². The first-order valence-corrected chi connectivity index (χ1v) is 5.66. The lowest BCUT2D eigenvalue weighted by atomic mass is 10.0. The van der Waals surface area contributed by atoms with Gasteiger partial charge >= 0.3 is 0 Å². The van der Waals surface area contributed by atoms with E-state index in [9.17, 15) is 0 Å². The third-order valence-corrected chi connectivity index (χ3v) is 3.36. The first kappa shape index (κ1) is 11.0. The third kappa shape index (κ3) is 2.96. The van der Waals surface area contributed by atoms with Gasteiger partial charge in [0.1, 0.15) is 0 Å². The summed E-state index contributed by atoms with van der Waals surface area (Å²) in [6.07, 6.45) is 5.00. The number of aliphatic hydroxyl groups is 1. The number of hydrogen-bond donors (Lipinski definition) is 1. The van der Waals surface area contributed by atoms with Gasteiger partial charge in [0.15, 0.2) is 0 Å². The molecule has 1 fully saturated rings. The predicted octanol–water partition coefficient (Wildman–Crippen LogP) is 1.88. The Hall–Kier alpha value is -0.0800. The molecule has 1 saturated heterocycles. The molecule has 2 nitrogen and oxygen atoms in total. The maximum absolute atomic E-state index is 9.15. The highest BCUT2D eigenvalue weighted by Crippen LogP contribution is 2.20. The van der Waals surface area contributed by atoms with E-state index in [1.807, 2.05) is 0 Å². The molecule has 0 radical (unpaired) electrons. The maximum atomic E-state index is 9.15. The van der Waals surface area contributed by atoms with E-state index < -0.39 is 0 Å². The maximum Gasteiger partial charge on any atom is 0.0586 e. The Morgan fingerprint density at radius 3 is 2.62 bits per heavy atom. The van der Waals surface area contributed by atoms with Crippen LogP contribution < -0.4 is 0 Å². The summed E-state index contributed by atoms with van der Waals surface area (Å²) in [6, 6.07) is 0.459. The number of aliphatic hydroxyl groups excluding tert-OH is 1. The summed E-state index contributed by atoms with van der Waals surface area (Å²) < 4.78 is 0. The zero-order valence-corrected chi connectivity index (χ0v) is 9.00. The summed E-state index contributed by atoms with van der Waals surface area (Å²) in [6.45, 7) is 7.26. The van der Waals surface area contributed by atoms with Gasteiger partial charge in [-0.1, -0.05) is 26.7 Å². The van der Waals surface area contributed by atoms with Crippen LogP contribution in [0.4, 0.5) is 0 Å². The van der Waals surface area contributed by atoms with Crippen molar-refractivity contribution in [1.29, 1.82) is 0 Å². The first-order chi connectivity index (χ1) is 6.31. The topological polar surface area (TPSA) is 23.5 Å². The van der Waals surface area contributed by atoms with E-state index >= 15 is 0 Å². The molecule has 13 heavy (non-hydrogen) atoms. The van der Waals surface area contributed by atoms with Gasteiger partial charge in [-0.3, -0.25) is 4.90 Å². The molecule has 0 aromatic rings. The summed E-state index contributed by atoms with van der Waals surface area (Å²) in [4.78, 5) is 2.47. The van der Waals surface area contributed by atoms with Crippen LogP contribution in [-0.2, 0) is 0 Å². The lowest BCUT2D eigenvalue weighted by molar-refractivity contribution is 0.140. The molecule has 0 bridgehead atoms. The standard InChI is InChI=1S/C11H23NO/c1-3-10(4-2)8-12-7-5-6-11(12)9-13/h10-11,13H,3-9H2,1-2H3/t11-/m0/s1. The predicted molar refractivity (Wildman–Crippen MR) is 55.8 cm³/mol. The molecule has 0 saturated carbocycles. The van der Waals surface area contributed by atoms with E-state index in [1.165, 1.54) is 38.8 Å². The molecule has 1 aliphatic rings. The fraction of sp³-hybridized carbons (Fsp3) is 1.00. The number of rotatable bonds is 5. The van der Waals surface area contributed by atoms with Crippen molar-refractivity contribution in [2.75, 3.05) is 19.7 Å². The van der Waals surface area contributed by atoms with Gasteiger partial charge in [0.2, 0.25) is 0 Å². The Balaban J connectivity index is 2.33. The van der Waals surface area contributed by atoms with Gasteiger partial charge in [-0.2, -0.15) is 0 Å². The van der Waals surface area contributed by atoms with Crippen molar-refractivity contribution >= 4 is 0 Å². The summed E-state index contributed by atoms with van der Waals surface area (Å²) in [7, 11) is 0. The zero-order chi connectivity index (χ0) is 9.68. The molecule has 1 rings (SSSR count). The van der Waals surface area contributed by atoms with Crippen molar-refractivity contribution in [3.05, 3.63) is 0 Å². The van der Waals surface area contributed by atoms with Crippen LogP contribution >= 0.6 is 0 Å². The minimum Gasteiger partial charge on any atom is -0.395 e. The summed E-state index contributed by atoms with van der Waals surface area (Å²) in [5.41, 5.74) is 0. The number of likely N-dealkylation sites (tertiary alicyclic amines) is 1. The molecule has 78 valence electrons. The summed E-state index contributed by atoms with van der Waals surface area (Å²) in [5, 5.41) is 9.15. The lowest BCUT2D eigenvalue weighted by Gasteiger charge is -2.26. The monoisotopic (exact) mass is 185 g/mol. The lowest BCUT2D eigenvalue weighted by Crippen LogP contribution is -2.35. The van der Waals surface area contributed by atoms with E-state index in [4.69, 9.17) is 5.11 Å². The molecule has 0 spiro atoms. The van der Waals surface area contributed by atoms with Crippen LogP contribution in [0, 0.1) is 5.92 Å². The number of nitrogens with zero attached hydrogens (tertiary/aromatic N) is 1. The van der Waals surface area contributed by atoms with Gasteiger partial charge in [0, 0.05) is 12.6 Å². The van der Waals surface area contributed by atoms with Gasteiger partial charge < -0.3 is 5.11 Å². The van der Waals surface area contributed by atoms with Gasteiger partial charge in [0.05, 0.1) is 6.61 Å². The molecule has 1 N–H and O–H groups in total. The Bertz CT molecular complexity index is 134. The largest absolute Gasteiger partial charge is 0.395 e. The molecular weight excluding hydrogens is 162 g/mol. The Kier molecular flexibility index (Phi) is 4.74. The van der Waals surface area contributed by atoms with Gasteiger partial charge in [-0.15, -0.1) is 0 Å². The van der Waals surface area contributed by atoms with E-state index in [2.05, 4.69) is 18.7 Å². The second-order valence-corrected chi connectivity index (χ2v) is 4.16. The van der Waals surface area contributed by atoms with Crippen LogP contribution in [-0.4, -0.2) is 35.7 Å². The Labute approximate surface area is 81.9 Å². The smallest absolute Gasteiger partial charge is 0.0586 e. The molecule has 1 atom stereocenters. The molecule has 1 aliphatic heterocycles. The molecule has 0 aromatic heterocycles. The molecule has 0 amide bonds. The van der Waals surface area contributed by atoms with Crippen molar-refractivity contribution in [2.24, 2.45) is 5.92 Å². The van der Waals surface area contributed by atoms with E-state index in [1.54, 1.807) is 0 Å². The van der Waals surface area contributed by atoms with Gasteiger partial charge in [-0.25, -0.2) is 0 Å². The fourth-order valence-electron chi connectivity index (χ4n) is 2.22. The molecule has 1 heterocycles. The van der Waals surface area contributed by atoms with Crippen molar-refractivity contribution in [2.45, 2.75) is 45.6 Å². The first-order valence-electron chi connectivity index (χ1n) is 5.66. The molecular formula is C11H23NO. The third-order valence-electron chi connectivity index (χ3n) is 3.36. The molecule has 0 aromatic carbocycles. The average molecular weight is 185 g/mol. The minimum absolute atomic E-state index is 0.347. The van der Waals surface area contributed by atoms with Crippen molar-refractivity contribution < 1.29 is 5.11 Å². The highest BCUT2D eigenvalue weighted by Gasteiger charge is 2.24. The highest BCUT2D eigenvalue weighted by molar-refractivity contribution is 4.79. The van der Waals surface area contributed by atoms with Crippen molar-refractivity contribution in [1.82, 2.24) is 4.90 Å². The summed E-state index contributed by atoms with van der Waals surface area (Å²) >= 11 is 0. The Morgan fingerprint density at radius 1 is 1.38 bits per heavy atom. The van der Waals surface area contributed by atoms with Crippen LogP contribution in [0.3, 0.4) is 0 Å². The SMILES string of the molecule is CCC(CC)CN1CCC[C@H]1CO.